The van der Waals surface area contributed by atoms with Gasteiger partial charge in [-0.2, -0.15) is 0 Å². The molecular formula is C22H33N3O. The number of rotatable bonds is 3. The van der Waals surface area contributed by atoms with Crippen LogP contribution in [0.1, 0.15) is 51.5 Å². The monoisotopic (exact) mass is 355 g/mol. The molecule has 1 aliphatic carbocycles. The lowest BCUT2D eigenvalue weighted by molar-refractivity contribution is -0.124. The number of nitrogens with zero attached hydrogens (tertiary/aromatic N) is 3. The van der Waals surface area contributed by atoms with Gasteiger partial charge in [0.25, 0.3) is 0 Å². The quantitative estimate of drug-likeness (QED) is 0.832. The fraction of sp³-hybridized carbons (Fsp3) is 0.682. The maximum atomic E-state index is 13.3. The highest BCUT2D eigenvalue weighted by molar-refractivity contribution is 5.99. The van der Waals surface area contributed by atoms with Crippen molar-refractivity contribution in [2.75, 3.05) is 31.1 Å². The molecule has 1 aromatic rings. The van der Waals surface area contributed by atoms with E-state index >= 15 is 0 Å². The third kappa shape index (κ3) is 3.41. The number of piperazine rings is 1. The number of hydrogen-bond acceptors (Lipinski definition) is 3. The van der Waals surface area contributed by atoms with Gasteiger partial charge >= 0.3 is 0 Å². The smallest absolute Gasteiger partial charge is 0.244 e. The summed E-state index contributed by atoms with van der Waals surface area (Å²) in [6.07, 6.45) is 7.92. The first-order valence-corrected chi connectivity index (χ1v) is 10.5. The van der Waals surface area contributed by atoms with Crippen LogP contribution in [0.4, 0.5) is 5.69 Å². The van der Waals surface area contributed by atoms with E-state index < -0.39 is 0 Å². The zero-order valence-corrected chi connectivity index (χ0v) is 16.4. The van der Waals surface area contributed by atoms with Gasteiger partial charge in [-0.05, 0) is 44.7 Å². The van der Waals surface area contributed by atoms with E-state index in [0.29, 0.717) is 0 Å². The van der Waals surface area contributed by atoms with Gasteiger partial charge < -0.3 is 4.90 Å². The van der Waals surface area contributed by atoms with Crippen molar-refractivity contribution >= 4 is 11.6 Å². The van der Waals surface area contributed by atoms with E-state index in [1.165, 1.54) is 37.7 Å². The Hall–Kier alpha value is -1.39. The van der Waals surface area contributed by atoms with E-state index in [2.05, 4.69) is 41.8 Å². The predicted molar refractivity (Wildman–Crippen MR) is 107 cm³/mol. The molecular weight excluding hydrogens is 322 g/mol. The largest absolute Gasteiger partial charge is 0.308 e. The number of anilines is 1. The molecule has 2 aliphatic heterocycles. The summed E-state index contributed by atoms with van der Waals surface area (Å²) >= 11 is 0. The van der Waals surface area contributed by atoms with Crippen molar-refractivity contribution in [1.29, 1.82) is 0 Å². The standard InChI is InChI=1S/C22H33N3O/c1-17-16-19-8-6-7-11-21(19)25(17)22(26)18(2)23-12-14-24(15-13-23)20-9-4-3-5-10-20/h6-8,11,17-18,20H,3-5,9-10,12-16H2,1-2H3/t17-,18+/m1/s1. The van der Waals surface area contributed by atoms with Crippen molar-refractivity contribution in [2.45, 2.75) is 70.5 Å². The molecule has 0 radical (unpaired) electrons. The second kappa shape index (κ2) is 7.69. The highest BCUT2D eigenvalue weighted by Crippen LogP contribution is 2.33. The van der Waals surface area contributed by atoms with Crippen LogP contribution in [0.2, 0.25) is 0 Å². The van der Waals surface area contributed by atoms with Crippen molar-refractivity contribution < 1.29 is 4.79 Å². The van der Waals surface area contributed by atoms with E-state index in [0.717, 1.165) is 44.3 Å². The van der Waals surface area contributed by atoms with Crippen molar-refractivity contribution in [2.24, 2.45) is 0 Å². The Labute approximate surface area is 158 Å². The lowest BCUT2D eigenvalue weighted by atomic mass is 9.93. The number of carbonyl (C=O) groups is 1. The van der Waals surface area contributed by atoms with Gasteiger partial charge in [0.2, 0.25) is 5.91 Å². The van der Waals surface area contributed by atoms with Crippen LogP contribution < -0.4 is 4.90 Å². The Morgan fingerprint density at radius 3 is 2.46 bits per heavy atom. The van der Waals surface area contributed by atoms with Crippen molar-refractivity contribution in [3.63, 3.8) is 0 Å². The summed E-state index contributed by atoms with van der Waals surface area (Å²) in [5.74, 6) is 0.272. The Bertz CT molecular complexity index is 632. The van der Waals surface area contributed by atoms with Gasteiger partial charge in [-0.3, -0.25) is 14.6 Å². The average Bonchev–Trinajstić information content (AvgIpc) is 3.03. The molecule has 0 spiro atoms. The van der Waals surface area contributed by atoms with E-state index in [-0.39, 0.29) is 18.0 Å². The number of para-hydroxylation sites is 1. The second-order valence-electron chi connectivity index (χ2n) is 8.43. The number of carbonyl (C=O) groups excluding carboxylic acids is 1. The van der Waals surface area contributed by atoms with Crippen LogP contribution in [0.25, 0.3) is 0 Å². The highest BCUT2D eigenvalue weighted by atomic mass is 16.2. The molecule has 0 aromatic heterocycles. The van der Waals surface area contributed by atoms with E-state index in [4.69, 9.17) is 0 Å². The minimum atomic E-state index is -0.0305. The van der Waals surface area contributed by atoms with Crippen molar-refractivity contribution in [3.8, 4) is 0 Å². The minimum absolute atomic E-state index is 0.0305. The molecule has 1 amide bonds. The zero-order valence-electron chi connectivity index (χ0n) is 16.4. The lowest BCUT2D eigenvalue weighted by Gasteiger charge is -2.43. The molecule has 0 unspecified atom stereocenters. The first-order chi connectivity index (χ1) is 12.6. The zero-order chi connectivity index (χ0) is 18.1. The van der Waals surface area contributed by atoms with Crippen LogP contribution >= 0.6 is 0 Å². The Balaban J connectivity index is 1.37. The number of benzene rings is 1. The van der Waals surface area contributed by atoms with Crippen LogP contribution in [0.5, 0.6) is 0 Å². The summed E-state index contributed by atoms with van der Waals surface area (Å²) in [6.45, 7) is 8.56. The highest BCUT2D eigenvalue weighted by Gasteiger charge is 2.36. The van der Waals surface area contributed by atoms with Crippen molar-refractivity contribution in [3.05, 3.63) is 29.8 Å². The van der Waals surface area contributed by atoms with Crippen LogP contribution in [0, 0.1) is 0 Å². The molecule has 4 rings (SSSR count). The van der Waals surface area contributed by atoms with E-state index in [1.807, 2.05) is 11.0 Å². The number of fused-ring (bicyclic) bond motifs is 1. The summed E-state index contributed by atoms with van der Waals surface area (Å²) in [5, 5.41) is 0. The van der Waals surface area contributed by atoms with Gasteiger partial charge in [0, 0.05) is 44.0 Å². The predicted octanol–water partition coefficient (Wildman–Crippen LogP) is 3.30. The number of amides is 1. The fourth-order valence-corrected chi connectivity index (χ4v) is 5.19. The van der Waals surface area contributed by atoms with E-state index in [1.54, 1.807) is 0 Å². The summed E-state index contributed by atoms with van der Waals surface area (Å²) in [4.78, 5) is 20.4. The SMILES string of the molecule is C[C@@H]1Cc2ccccc2N1C(=O)[C@H](C)N1CCN(C2CCCCC2)CC1. The maximum Gasteiger partial charge on any atom is 0.244 e. The third-order valence-corrected chi connectivity index (χ3v) is 6.79. The van der Waals surface area contributed by atoms with Gasteiger partial charge in [0.15, 0.2) is 0 Å². The first kappa shape index (κ1) is 18.0. The lowest BCUT2D eigenvalue weighted by Crippen LogP contribution is -2.57. The summed E-state index contributed by atoms with van der Waals surface area (Å²) in [5.41, 5.74) is 2.43. The van der Waals surface area contributed by atoms with Gasteiger partial charge in [0.05, 0.1) is 6.04 Å². The van der Waals surface area contributed by atoms with Crippen LogP contribution in [-0.2, 0) is 11.2 Å². The van der Waals surface area contributed by atoms with Crippen LogP contribution in [0.15, 0.2) is 24.3 Å². The molecule has 1 aromatic carbocycles. The average molecular weight is 356 g/mol. The molecule has 4 nitrogen and oxygen atoms in total. The minimum Gasteiger partial charge on any atom is -0.308 e. The molecule has 0 N–H and O–H groups in total. The fourth-order valence-electron chi connectivity index (χ4n) is 5.19. The summed E-state index contributed by atoms with van der Waals surface area (Å²) in [6, 6.07) is 9.42. The van der Waals surface area contributed by atoms with Gasteiger partial charge in [-0.15, -0.1) is 0 Å². The molecule has 142 valence electrons. The Morgan fingerprint density at radius 1 is 1.04 bits per heavy atom. The Morgan fingerprint density at radius 2 is 1.73 bits per heavy atom. The second-order valence-corrected chi connectivity index (χ2v) is 8.43. The van der Waals surface area contributed by atoms with Gasteiger partial charge in [0.1, 0.15) is 0 Å². The molecule has 3 aliphatic rings. The summed E-state index contributed by atoms with van der Waals surface area (Å²) < 4.78 is 0. The molecule has 4 heteroatoms. The normalized spacial score (nSPS) is 26.7. The molecule has 26 heavy (non-hydrogen) atoms. The molecule has 1 saturated carbocycles. The molecule has 2 fully saturated rings. The molecule has 1 saturated heterocycles. The maximum absolute atomic E-state index is 13.3. The molecule has 2 heterocycles. The molecule has 2 atom stereocenters. The van der Waals surface area contributed by atoms with Gasteiger partial charge in [-0.25, -0.2) is 0 Å². The number of hydrogen-bond donors (Lipinski definition) is 0. The third-order valence-electron chi connectivity index (χ3n) is 6.79. The Kier molecular flexibility index (Phi) is 5.32. The first-order valence-electron chi connectivity index (χ1n) is 10.5. The topological polar surface area (TPSA) is 26.8 Å². The van der Waals surface area contributed by atoms with E-state index in [9.17, 15) is 4.79 Å². The molecule has 0 bridgehead atoms. The van der Waals surface area contributed by atoms with Crippen LogP contribution in [-0.4, -0.2) is 60.0 Å². The van der Waals surface area contributed by atoms with Crippen molar-refractivity contribution in [1.82, 2.24) is 9.80 Å². The summed E-state index contributed by atoms with van der Waals surface area (Å²) in [7, 11) is 0. The van der Waals surface area contributed by atoms with Gasteiger partial charge in [-0.1, -0.05) is 37.5 Å². The van der Waals surface area contributed by atoms with Crippen LogP contribution in [0.3, 0.4) is 0 Å².